The van der Waals surface area contributed by atoms with Crippen LogP contribution in [0.5, 0.6) is 5.75 Å². The Morgan fingerprint density at radius 2 is 1.68 bits per heavy atom. The van der Waals surface area contributed by atoms with Crippen molar-refractivity contribution in [3.8, 4) is 5.75 Å². The van der Waals surface area contributed by atoms with Crippen molar-refractivity contribution in [1.82, 2.24) is 0 Å². The molecule has 0 aliphatic rings. The first kappa shape index (κ1) is 13.6. The number of ether oxygens (including phenoxy) is 1. The summed E-state index contributed by atoms with van der Waals surface area (Å²) in [5.74, 6) is 1.15. The van der Waals surface area contributed by atoms with Crippen LogP contribution in [0.15, 0.2) is 54.6 Å². The Labute approximate surface area is 115 Å². The molecule has 100 valence electrons. The second kappa shape index (κ2) is 6.95. The SMILES string of the molecule is CCc1ccc(OCC(CN)c2ccccc2)cc1. The van der Waals surface area contributed by atoms with Gasteiger partial charge in [0.05, 0.1) is 6.61 Å². The molecule has 2 rings (SSSR count). The predicted molar refractivity (Wildman–Crippen MR) is 79.6 cm³/mol. The first-order valence-electron chi connectivity index (χ1n) is 6.80. The van der Waals surface area contributed by atoms with Gasteiger partial charge in [0.2, 0.25) is 0 Å². The molecule has 0 amide bonds. The molecule has 0 heterocycles. The molecule has 0 fully saturated rings. The van der Waals surface area contributed by atoms with Crippen molar-refractivity contribution < 1.29 is 4.74 Å². The summed E-state index contributed by atoms with van der Waals surface area (Å²) in [5.41, 5.74) is 8.39. The second-order valence-corrected chi connectivity index (χ2v) is 4.65. The first-order chi connectivity index (χ1) is 9.33. The molecule has 0 aliphatic heterocycles. The van der Waals surface area contributed by atoms with E-state index in [0.717, 1.165) is 12.2 Å². The third-order valence-corrected chi connectivity index (χ3v) is 3.34. The Bertz CT molecular complexity index is 478. The van der Waals surface area contributed by atoms with Gasteiger partial charge in [0.1, 0.15) is 5.75 Å². The number of hydrogen-bond donors (Lipinski definition) is 1. The summed E-state index contributed by atoms with van der Waals surface area (Å²) in [7, 11) is 0. The predicted octanol–water partition coefficient (Wildman–Crippen LogP) is 3.37. The molecular weight excluding hydrogens is 234 g/mol. The van der Waals surface area contributed by atoms with Crippen molar-refractivity contribution in [3.05, 3.63) is 65.7 Å². The summed E-state index contributed by atoms with van der Waals surface area (Å²) in [6.07, 6.45) is 1.05. The van der Waals surface area contributed by atoms with E-state index in [2.05, 4.69) is 31.2 Å². The average Bonchev–Trinajstić information content (AvgIpc) is 2.49. The quantitative estimate of drug-likeness (QED) is 0.859. The largest absolute Gasteiger partial charge is 0.493 e. The van der Waals surface area contributed by atoms with Crippen LogP contribution in [0.3, 0.4) is 0 Å². The van der Waals surface area contributed by atoms with Crippen molar-refractivity contribution in [2.75, 3.05) is 13.2 Å². The van der Waals surface area contributed by atoms with Gasteiger partial charge in [0.25, 0.3) is 0 Å². The molecule has 2 N–H and O–H groups in total. The molecule has 0 saturated heterocycles. The van der Waals surface area contributed by atoms with Gasteiger partial charge in [-0.15, -0.1) is 0 Å². The van der Waals surface area contributed by atoms with Crippen LogP contribution < -0.4 is 10.5 Å². The lowest BCUT2D eigenvalue weighted by Crippen LogP contribution is -2.19. The van der Waals surface area contributed by atoms with Gasteiger partial charge in [0, 0.05) is 12.5 Å². The summed E-state index contributed by atoms with van der Waals surface area (Å²) in [5, 5.41) is 0. The zero-order chi connectivity index (χ0) is 13.5. The van der Waals surface area contributed by atoms with Crippen molar-refractivity contribution in [1.29, 1.82) is 0 Å². The maximum absolute atomic E-state index is 5.83. The lowest BCUT2D eigenvalue weighted by atomic mass is 10.0. The summed E-state index contributed by atoms with van der Waals surface area (Å²) in [6.45, 7) is 3.36. The zero-order valence-electron chi connectivity index (χ0n) is 11.4. The molecule has 0 aromatic heterocycles. The molecular formula is C17H21NO. The number of hydrogen-bond acceptors (Lipinski definition) is 2. The highest BCUT2D eigenvalue weighted by atomic mass is 16.5. The molecule has 0 bridgehead atoms. The monoisotopic (exact) mass is 255 g/mol. The molecule has 1 atom stereocenters. The van der Waals surface area contributed by atoms with Crippen LogP contribution in [-0.2, 0) is 6.42 Å². The highest BCUT2D eigenvalue weighted by Crippen LogP contribution is 2.18. The summed E-state index contributed by atoms with van der Waals surface area (Å²) in [6, 6.07) is 18.5. The first-order valence-corrected chi connectivity index (χ1v) is 6.80. The highest BCUT2D eigenvalue weighted by molar-refractivity contribution is 5.27. The molecule has 2 heteroatoms. The summed E-state index contributed by atoms with van der Waals surface area (Å²) < 4.78 is 5.83. The molecule has 1 unspecified atom stereocenters. The van der Waals surface area contributed by atoms with Crippen molar-refractivity contribution in [3.63, 3.8) is 0 Å². The smallest absolute Gasteiger partial charge is 0.119 e. The van der Waals surface area contributed by atoms with Crippen LogP contribution in [0, 0.1) is 0 Å². The second-order valence-electron chi connectivity index (χ2n) is 4.65. The van der Waals surface area contributed by atoms with Gasteiger partial charge in [-0.2, -0.15) is 0 Å². The minimum absolute atomic E-state index is 0.243. The maximum atomic E-state index is 5.83. The van der Waals surface area contributed by atoms with Crippen LogP contribution >= 0.6 is 0 Å². The lowest BCUT2D eigenvalue weighted by molar-refractivity contribution is 0.290. The van der Waals surface area contributed by atoms with E-state index in [0.29, 0.717) is 13.2 Å². The standard InChI is InChI=1S/C17H21NO/c1-2-14-8-10-17(11-9-14)19-13-16(12-18)15-6-4-3-5-7-15/h3-11,16H,2,12-13,18H2,1H3. The topological polar surface area (TPSA) is 35.2 Å². The highest BCUT2D eigenvalue weighted by Gasteiger charge is 2.10. The van der Waals surface area contributed by atoms with E-state index in [4.69, 9.17) is 10.5 Å². The van der Waals surface area contributed by atoms with E-state index in [1.165, 1.54) is 11.1 Å². The number of aryl methyl sites for hydroxylation is 1. The van der Waals surface area contributed by atoms with E-state index in [-0.39, 0.29) is 5.92 Å². The fraction of sp³-hybridized carbons (Fsp3) is 0.294. The Morgan fingerprint density at radius 1 is 1.00 bits per heavy atom. The number of rotatable bonds is 6. The van der Waals surface area contributed by atoms with Gasteiger partial charge in [-0.3, -0.25) is 0 Å². The average molecular weight is 255 g/mol. The Morgan fingerprint density at radius 3 is 2.26 bits per heavy atom. The number of nitrogens with two attached hydrogens (primary N) is 1. The molecule has 2 aromatic carbocycles. The molecule has 0 radical (unpaired) electrons. The van der Waals surface area contributed by atoms with E-state index in [1.54, 1.807) is 0 Å². The molecule has 0 aliphatic carbocycles. The van der Waals surface area contributed by atoms with Crippen LogP contribution in [-0.4, -0.2) is 13.2 Å². The van der Waals surface area contributed by atoms with Crippen LogP contribution in [0.25, 0.3) is 0 Å². The van der Waals surface area contributed by atoms with Gasteiger partial charge in [-0.1, -0.05) is 49.4 Å². The van der Waals surface area contributed by atoms with Gasteiger partial charge >= 0.3 is 0 Å². The summed E-state index contributed by atoms with van der Waals surface area (Å²) >= 11 is 0. The van der Waals surface area contributed by atoms with Gasteiger partial charge in [0.15, 0.2) is 0 Å². The Balaban J connectivity index is 1.96. The third-order valence-electron chi connectivity index (χ3n) is 3.34. The number of benzene rings is 2. The van der Waals surface area contributed by atoms with Gasteiger partial charge in [-0.25, -0.2) is 0 Å². The third kappa shape index (κ3) is 3.83. The Hall–Kier alpha value is -1.80. The van der Waals surface area contributed by atoms with E-state index < -0.39 is 0 Å². The van der Waals surface area contributed by atoms with E-state index in [1.807, 2.05) is 30.3 Å². The maximum Gasteiger partial charge on any atom is 0.119 e. The van der Waals surface area contributed by atoms with Crippen LogP contribution in [0.4, 0.5) is 0 Å². The van der Waals surface area contributed by atoms with Crippen molar-refractivity contribution in [2.24, 2.45) is 5.73 Å². The van der Waals surface area contributed by atoms with Gasteiger partial charge < -0.3 is 10.5 Å². The molecule has 2 aromatic rings. The molecule has 0 saturated carbocycles. The summed E-state index contributed by atoms with van der Waals surface area (Å²) in [4.78, 5) is 0. The minimum atomic E-state index is 0.243. The van der Waals surface area contributed by atoms with E-state index >= 15 is 0 Å². The van der Waals surface area contributed by atoms with Crippen LogP contribution in [0.1, 0.15) is 24.0 Å². The fourth-order valence-corrected chi connectivity index (χ4v) is 2.04. The lowest BCUT2D eigenvalue weighted by Gasteiger charge is -2.16. The Kier molecular flexibility index (Phi) is 4.99. The van der Waals surface area contributed by atoms with Gasteiger partial charge in [-0.05, 0) is 29.7 Å². The zero-order valence-corrected chi connectivity index (χ0v) is 11.4. The van der Waals surface area contributed by atoms with Crippen LogP contribution in [0.2, 0.25) is 0 Å². The molecule has 2 nitrogen and oxygen atoms in total. The minimum Gasteiger partial charge on any atom is -0.493 e. The normalized spacial score (nSPS) is 12.1. The van der Waals surface area contributed by atoms with E-state index in [9.17, 15) is 0 Å². The fourth-order valence-electron chi connectivity index (χ4n) is 2.04. The molecule has 19 heavy (non-hydrogen) atoms. The molecule has 0 spiro atoms. The van der Waals surface area contributed by atoms with Crippen molar-refractivity contribution in [2.45, 2.75) is 19.3 Å². The van der Waals surface area contributed by atoms with Crippen molar-refractivity contribution >= 4 is 0 Å².